The van der Waals surface area contributed by atoms with Crippen molar-refractivity contribution in [1.29, 1.82) is 0 Å². The molecule has 0 saturated heterocycles. The predicted octanol–water partition coefficient (Wildman–Crippen LogP) is 1.38. The van der Waals surface area contributed by atoms with Gasteiger partial charge in [-0.2, -0.15) is 0 Å². The Kier molecular flexibility index (Phi) is 5.35. The Bertz CT molecular complexity index is 614. The maximum absolute atomic E-state index is 13.7. The van der Waals surface area contributed by atoms with E-state index in [1.807, 2.05) is 0 Å². The third kappa shape index (κ3) is 4.27. The van der Waals surface area contributed by atoms with Crippen molar-refractivity contribution < 1.29 is 28.4 Å². The number of nitrogens with zero attached hydrogens (tertiary/aromatic N) is 1. The van der Waals surface area contributed by atoms with Gasteiger partial charge >= 0.3 is 11.9 Å². The highest BCUT2D eigenvalue weighted by Gasteiger charge is 2.16. The first-order valence-electron chi connectivity index (χ1n) is 5.48. The van der Waals surface area contributed by atoms with Crippen LogP contribution in [0.15, 0.2) is 30.0 Å². The lowest BCUT2D eigenvalue weighted by atomic mass is 10.2. The second-order valence-electron chi connectivity index (χ2n) is 3.62. The van der Waals surface area contributed by atoms with Crippen molar-refractivity contribution in [1.82, 2.24) is 0 Å². The summed E-state index contributed by atoms with van der Waals surface area (Å²) in [6, 6.07) is 2.77. The Morgan fingerprint density at radius 2 is 2.00 bits per heavy atom. The fraction of sp³-hybridized carbons (Fsp3) is 0.167. The second kappa shape index (κ2) is 6.98. The fourth-order valence-electron chi connectivity index (χ4n) is 1.30. The number of nitro benzene ring substituents is 1. The normalized spacial score (nSPS) is 10.7. The van der Waals surface area contributed by atoms with E-state index in [2.05, 4.69) is 14.8 Å². The van der Waals surface area contributed by atoms with Crippen molar-refractivity contribution in [2.24, 2.45) is 0 Å². The maximum atomic E-state index is 13.7. The molecule has 0 aliphatic carbocycles. The zero-order chi connectivity index (χ0) is 16.0. The van der Waals surface area contributed by atoms with Crippen molar-refractivity contribution in [2.75, 3.05) is 19.5 Å². The Balaban J connectivity index is 3.10. The number of carbonyl (C=O) groups is 2. The summed E-state index contributed by atoms with van der Waals surface area (Å²) in [6.07, 6.45) is 0.771. The molecular formula is C12H11FN2O6. The van der Waals surface area contributed by atoms with Gasteiger partial charge in [0, 0.05) is 6.07 Å². The van der Waals surface area contributed by atoms with E-state index < -0.39 is 28.4 Å². The summed E-state index contributed by atoms with van der Waals surface area (Å²) in [7, 11) is 2.17. The molecule has 1 aromatic rings. The van der Waals surface area contributed by atoms with Crippen LogP contribution in [0.2, 0.25) is 0 Å². The van der Waals surface area contributed by atoms with Gasteiger partial charge in [0.25, 0.3) is 5.69 Å². The molecule has 0 aromatic heterocycles. The van der Waals surface area contributed by atoms with E-state index in [0.29, 0.717) is 6.07 Å². The molecule has 0 unspecified atom stereocenters. The molecule has 0 amide bonds. The predicted molar refractivity (Wildman–Crippen MR) is 68.8 cm³/mol. The van der Waals surface area contributed by atoms with E-state index >= 15 is 0 Å². The molecule has 21 heavy (non-hydrogen) atoms. The summed E-state index contributed by atoms with van der Waals surface area (Å²) in [5, 5.41) is 12.8. The summed E-state index contributed by atoms with van der Waals surface area (Å²) >= 11 is 0. The maximum Gasteiger partial charge on any atom is 0.354 e. The van der Waals surface area contributed by atoms with Crippen LogP contribution in [0.1, 0.15) is 0 Å². The quantitative estimate of drug-likeness (QED) is 0.378. The van der Waals surface area contributed by atoms with E-state index in [9.17, 15) is 24.1 Å². The van der Waals surface area contributed by atoms with Crippen molar-refractivity contribution in [2.45, 2.75) is 0 Å². The van der Waals surface area contributed by atoms with Crippen LogP contribution in [0.3, 0.4) is 0 Å². The molecule has 0 spiro atoms. The molecule has 1 rings (SSSR count). The number of methoxy groups -OCH3 is 2. The summed E-state index contributed by atoms with van der Waals surface area (Å²) in [6.45, 7) is 0. The minimum atomic E-state index is -0.969. The number of halogens is 1. The summed E-state index contributed by atoms with van der Waals surface area (Å²) < 4.78 is 22.5. The van der Waals surface area contributed by atoms with Gasteiger partial charge in [-0.3, -0.25) is 10.1 Å². The Labute approximate surface area is 118 Å². The molecule has 0 bridgehead atoms. The van der Waals surface area contributed by atoms with Crippen molar-refractivity contribution in [3.05, 3.63) is 45.9 Å². The van der Waals surface area contributed by atoms with E-state index in [4.69, 9.17) is 0 Å². The molecular weight excluding hydrogens is 287 g/mol. The molecule has 0 aliphatic heterocycles. The average Bonchev–Trinajstić information content (AvgIpc) is 2.46. The lowest BCUT2D eigenvalue weighted by Gasteiger charge is -2.09. The first-order valence-corrected chi connectivity index (χ1v) is 5.48. The number of carbonyl (C=O) groups excluding carboxylic acids is 2. The number of nitrogens with one attached hydrogen (secondary N) is 1. The van der Waals surface area contributed by atoms with E-state index in [1.165, 1.54) is 0 Å². The number of hydrogen-bond donors (Lipinski definition) is 1. The van der Waals surface area contributed by atoms with Crippen LogP contribution < -0.4 is 5.32 Å². The third-order valence-corrected chi connectivity index (χ3v) is 2.30. The summed E-state index contributed by atoms with van der Waals surface area (Å²) in [5.41, 5.74) is -1.06. The molecule has 8 nitrogen and oxygen atoms in total. The van der Waals surface area contributed by atoms with E-state index in [0.717, 1.165) is 32.4 Å². The standard InChI is InChI=1S/C12H11FN2O6/c1-20-11(16)6-10(12(17)21-2)14-9-4-3-7(15(18)19)5-8(9)13/h3-6,14H,1-2H3/b10-6+. The van der Waals surface area contributed by atoms with Gasteiger partial charge in [-0.15, -0.1) is 0 Å². The summed E-state index contributed by atoms with van der Waals surface area (Å²) in [4.78, 5) is 32.3. The highest BCUT2D eigenvalue weighted by Crippen LogP contribution is 2.22. The molecule has 1 aromatic carbocycles. The number of benzene rings is 1. The Morgan fingerprint density at radius 1 is 1.33 bits per heavy atom. The first kappa shape index (κ1) is 16.1. The van der Waals surface area contributed by atoms with Gasteiger partial charge in [0.2, 0.25) is 0 Å². The molecule has 0 fully saturated rings. The van der Waals surface area contributed by atoms with E-state index in [-0.39, 0.29) is 11.4 Å². The smallest absolute Gasteiger partial charge is 0.354 e. The fourth-order valence-corrected chi connectivity index (χ4v) is 1.30. The van der Waals surface area contributed by atoms with Crippen LogP contribution in [-0.2, 0) is 19.1 Å². The molecule has 112 valence electrons. The number of rotatable bonds is 5. The molecule has 0 radical (unpaired) electrons. The van der Waals surface area contributed by atoms with Crippen molar-refractivity contribution in [3.8, 4) is 0 Å². The number of hydrogen-bond acceptors (Lipinski definition) is 7. The Morgan fingerprint density at radius 3 is 2.48 bits per heavy atom. The van der Waals surface area contributed by atoms with Crippen LogP contribution in [0.4, 0.5) is 15.8 Å². The number of ether oxygens (including phenoxy) is 2. The van der Waals surface area contributed by atoms with Crippen molar-refractivity contribution in [3.63, 3.8) is 0 Å². The summed E-state index contributed by atoms with van der Waals surface area (Å²) in [5.74, 6) is -2.76. The molecule has 0 aliphatic rings. The van der Waals surface area contributed by atoms with Gasteiger partial charge in [0.1, 0.15) is 5.70 Å². The third-order valence-electron chi connectivity index (χ3n) is 2.30. The zero-order valence-corrected chi connectivity index (χ0v) is 11.1. The van der Waals surface area contributed by atoms with Gasteiger partial charge in [-0.05, 0) is 6.07 Å². The molecule has 0 heterocycles. The van der Waals surface area contributed by atoms with Crippen LogP contribution in [0, 0.1) is 15.9 Å². The lowest BCUT2D eigenvalue weighted by Crippen LogP contribution is -2.16. The highest BCUT2D eigenvalue weighted by molar-refractivity contribution is 5.98. The van der Waals surface area contributed by atoms with Gasteiger partial charge < -0.3 is 14.8 Å². The number of anilines is 1. The first-order chi connectivity index (χ1) is 9.88. The minimum Gasteiger partial charge on any atom is -0.466 e. The van der Waals surface area contributed by atoms with E-state index in [1.54, 1.807) is 0 Å². The van der Waals surface area contributed by atoms with Gasteiger partial charge in [0.05, 0.1) is 37.0 Å². The van der Waals surface area contributed by atoms with Crippen LogP contribution >= 0.6 is 0 Å². The van der Waals surface area contributed by atoms with Gasteiger partial charge in [0.15, 0.2) is 5.82 Å². The number of non-ortho nitro benzene ring substituents is 1. The van der Waals surface area contributed by atoms with Crippen molar-refractivity contribution >= 4 is 23.3 Å². The Hall–Kier alpha value is -2.97. The second-order valence-corrected chi connectivity index (χ2v) is 3.62. The average molecular weight is 298 g/mol. The minimum absolute atomic E-state index is 0.235. The largest absolute Gasteiger partial charge is 0.466 e. The zero-order valence-electron chi connectivity index (χ0n) is 11.1. The molecule has 0 atom stereocenters. The molecule has 0 saturated carbocycles. The highest BCUT2D eigenvalue weighted by atomic mass is 19.1. The molecule has 1 N–H and O–H groups in total. The number of nitro groups is 1. The lowest BCUT2D eigenvalue weighted by molar-refractivity contribution is -0.385. The topological polar surface area (TPSA) is 108 Å². The SMILES string of the molecule is COC(=O)/C=C(/Nc1ccc([N+](=O)[O-])cc1F)C(=O)OC. The molecule has 9 heteroatoms. The van der Waals surface area contributed by atoms with Gasteiger partial charge in [-0.1, -0.05) is 0 Å². The van der Waals surface area contributed by atoms with Crippen LogP contribution in [0.5, 0.6) is 0 Å². The monoisotopic (exact) mass is 298 g/mol. The van der Waals surface area contributed by atoms with Crippen LogP contribution in [0.25, 0.3) is 0 Å². The van der Waals surface area contributed by atoms with Crippen LogP contribution in [-0.4, -0.2) is 31.1 Å². The van der Waals surface area contributed by atoms with Gasteiger partial charge in [-0.25, -0.2) is 14.0 Å². The number of esters is 2.